The van der Waals surface area contributed by atoms with E-state index in [1.54, 1.807) is 7.11 Å². The molecule has 0 bridgehead atoms. The fraction of sp³-hybridized carbons (Fsp3) is 0.350. The first-order chi connectivity index (χ1) is 11.7. The lowest BCUT2D eigenvalue weighted by molar-refractivity contribution is 0.0951. The summed E-state index contributed by atoms with van der Waals surface area (Å²) in [5.41, 5.74) is 2.96. The van der Waals surface area contributed by atoms with Gasteiger partial charge < -0.3 is 10.1 Å². The fourth-order valence-electron chi connectivity index (χ4n) is 2.49. The Hall–Kier alpha value is -2.33. The lowest BCUT2D eigenvalue weighted by atomic mass is 10.1. The molecule has 2 aromatic carbocycles. The van der Waals surface area contributed by atoms with Gasteiger partial charge in [0.15, 0.2) is 0 Å². The van der Waals surface area contributed by atoms with Gasteiger partial charge in [-0.15, -0.1) is 0 Å². The summed E-state index contributed by atoms with van der Waals surface area (Å²) in [7, 11) is 1.64. The van der Waals surface area contributed by atoms with Gasteiger partial charge in [0.2, 0.25) is 0 Å². The quantitative estimate of drug-likeness (QED) is 0.807. The van der Waals surface area contributed by atoms with Crippen LogP contribution in [-0.4, -0.2) is 31.0 Å². The molecule has 1 amide bonds. The summed E-state index contributed by atoms with van der Waals surface area (Å²) in [5, 5.41) is 2.95. The van der Waals surface area contributed by atoms with E-state index in [2.05, 4.69) is 24.1 Å². The normalized spacial score (nSPS) is 10.7. The Bertz CT molecular complexity index is 632. The number of amides is 1. The van der Waals surface area contributed by atoms with Crippen LogP contribution in [0.2, 0.25) is 0 Å². The Kier molecular flexibility index (Phi) is 6.82. The number of carbonyl (C=O) groups excluding carboxylic acids is 1. The maximum atomic E-state index is 12.2. The lowest BCUT2D eigenvalue weighted by Crippen LogP contribution is -2.23. The Morgan fingerprint density at radius 1 is 0.958 bits per heavy atom. The van der Waals surface area contributed by atoms with E-state index in [0.29, 0.717) is 12.1 Å². The molecule has 0 spiro atoms. The van der Waals surface area contributed by atoms with Crippen molar-refractivity contribution in [1.29, 1.82) is 0 Å². The second-order valence-electron chi connectivity index (χ2n) is 5.69. The predicted octanol–water partition coefficient (Wildman–Crippen LogP) is 3.47. The van der Waals surface area contributed by atoms with Crippen molar-refractivity contribution in [2.75, 3.05) is 20.2 Å². The van der Waals surface area contributed by atoms with E-state index in [0.717, 1.165) is 30.9 Å². The number of nitrogens with one attached hydrogen (secondary N) is 1. The van der Waals surface area contributed by atoms with Crippen molar-refractivity contribution < 1.29 is 9.53 Å². The Morgan fingerprint density at radius 3 is 2.08 bits per heavy atom. The molecule has 0 radical (unpaired) electrons. The summed E-state index contributed by atoms with van der Waals surface area (Å²) in [6, 6.07) is 15.5. The summed E-state index contributed by atoms with van der Waals surface area (Å²) in [6.07, 6.45) is 0. The maximum absolute atomic E-state index is 12.2. The van der Waals surface area contributed by atoms with Crippen molar-refractivity contribution in [3.05, 3.63) is 65.2 Å². The number of methoxy groups -OCH3 is 1. The molecule has 24 heavy (non-hydrogen) atoms. The molecule has 1 N–H and O–H groups in total. The average Bonchev–Trinajstić information content (AvgIpc) is 2.65. The van der Waals surface area contributed by atoms with Crippen LogP contribution in [0.15, 0.2) is 48.5 Å². The summed E-state index contributed by atoms with van der Waals surface area (Å²) in [6.45, 7) is 7.79. The highest BCUT2D eigenvalue weighted by Gasteiger charge is 2.06. The van der Waals surface area contributed by atoms with Gasteiger partial charge in [-0.2, -0.15) is 0 Å². The van der Waals surface area contributed by atoms with Crippen LogP contribution >= 0.6 is 0 Å². The van der Waals surface area contributed by atoms with E-state index in [1.807, 2.05) is 48.5 Å². The van der Waals surface area contributed by atoms with Crippen molar-refractivity contribution in [2.45, 2.75) is 26.9 Å². The van der Waals surface area contributed by atoms with E-state index in [9.17, 15) is 4.79 Å². The Morgan fingerprint density at radius 2 is 1.54 bits per heavy atom. The van der Waals surface area contributed by atoms with Crippen LogP contribution in [0.1, 0.15) is 35.3 Å². The molecule has 128 valence electrons. The van der Waals surface area contributed by atoms with E-state index >= 15 is 0 Å². The summed E-state index contributed by atoms with van der Waals surface area (Å²) in [4.78, 5) is 14.6. The zero-order valence-corrected chi connectivity index (χ0v) is 14.7. The van der Waals surface area contributed by atoms with Crippen molar-refractivity contribution >= 4 is 5.91 Å². The molecule has 0 heterocycles. The molecule has 4 nitrogen and oxygen atoms in total. The summed E-state index contributed by atoms with van der Waals surface area (Å²) < 4.78 is 5.13. The highest BCUT2D eigenvalue weighted by Crippen LogP contribution is 2.12. The van der Waals surface area contributed by atoms with Crippen molar-refractivity contribution in [3.8, 4) is 5.75 Å². The number of carbonyl (C=O) groups is 1. The number of ether oxygens (including phenoxy) is 1. The van der Waals surface area contributed by atoms with E-state index in [1.165, 1.54) is 5.56 Å². The van der Waals surface area contributed by atoms with Gasteiger partial charge in [-0.3, -0.25) is 9.69 Å². The van der Waals surface area contributed by atoms with Crippen LogP contribution in [-0.2, 0) is 13.1 Å². The highest BCUT2D eigenvalue weighted by molar-refractivity contribution is 5.94. The molecule has 0 saturated heterocycles. The summed E-state index contributed by atoms with van der Waals surface area (Å²) >= 11 is 0. The number of benzene rings is 2. The van der Waals surface area contributed by atoms with Gasteiger partial charge in [-0.1, -0.05) is 38.1 Å². The smallest absolute Gasteiger partial charge is 0.251 e. The second-order valence-corrected chi connectivity index (χ2v) is 5.69. The Labute approximate surface area is 144 Å². The van der Waals surface area contributed by atoms with Gasteiger partial charge in [0, 0.05) is 18.7 Å². The van der Waals surface area contributed by atoms with Crippen molar-refractivity contribution in [2.24, 2.45) is 0 Å². The third kappa shape index (κ3) is 5.10. The monoisotopic (exact) mass is 326 g/mol. The minimum atomic E-state index is -0.0554. The van der Waals surface area contributed by atoms with E-state index in [-0.39, 0.29) is 5.91 Å². The van der Waals surface area contributed by atoms with Gasteiger partial charge in [-0.25, -0.2) is 0 Å². The SMILES string of the molecule is CCN(CC)Cc1ccc(C(=O)NCc2ccc(OC)cc2)cc1. The van der Waals surface area contributed by atoms with Crippen molar-refractivity contribution in [1.82, 2.24) is 10.2 Å². The van der Waals surface area contributed by atoms with Crippen LogP contribution in [0.4, 0.5) is 0 Å². The molecule has 0 fully saturated rings. The molecular weight excluding hydrogens is 300 g/mol. The van der Waals surface area contributed by atoms with Gasteiger partial charge in [0.1, 0.15) is 5.75 Å². The number of hydrogen-bond acceptors (Lipinski definition) is 3. The number of nitrogens with zero attached hydrogens (tertiary/aromatic N) is 1. The molecule has 4 heteroatoms. The molecule has 0 aliphatic heterocycles. The molecular formula is C20H26N2O2. The predicted molar refractivity (Wildman–Crippen MR) is 97.2 cm³/mol. The maximum Gasteiger partial charge on any atom is 0.251 e. The summed E-state index contributed by atoms with van der Waals surface area (Å²) in [5.74, 6) is 0.758. The van der Waals surface area contributed by atoms with Crippen molar-refractivity contribution in [3.63, 3.8) is 0 Å². The highest BCUT2D eigenvalue weighted by atomic mass is 16.5. The first-order valence-corrected chi connectivity index (χ1v) is 8.38. The molecule has 0 aromatic heterocycles. The first kappa shape index (κ1) is 18.0. The Balaban J connectivity index is 1.89. The van der Waals surface area contributed by atoms with Gasteiger partial charge in [0.25, 0.3) is 5.91 Å². The van der Waals surface area contributed by atoms with Crippen LogP contribution in [0.25, 0.3) is 0 Å². The van der Waals surface area contributed by atoms with Gasteiger partial charge in [0.05, 0.1) is 7.11 Å². The van der Waals surface area contributed by atoms with Crippen LogP contribution < -0.4 is 10.1 Å². The molecule has 0 saturated carbocycles. The van der Waals surface area contributed by atoms with E-state index < -0.39 is 0 Å². The largest absolute Gasteiger partial charge is 0.497 e. The zero-order valence-electron chi connectivity index (χ0n) is 14.7. The number of rotatable bonds is 8. The van der Waals surface area contributed by atoms with Gasteiger partial charge >= 0.3 is 0 Å². The molecule has 2 rings (SSSR count). The molecule has 0 atom stereocenters. The fourth-order valence-corrected chi connectivity index (χ4v) is 2.49. The standard InChI is InChI=1S/C20H26N2O2/c1-4-22(5-2)15-17-6-10-18(11-7-17)20(23)21-14-16-8-12-19(24-3)13-9-16/h6-13H,4-5,14-15H2,1-3H3,(H,21,23). The third-order valence-corrected chi connectivity index (χ3v) is 4.13. The third-order valence-electron chi connectivity index (χ3n) is 4.13. The van der Waals surface area contributed by atoms with Crippen LogP contribution in [0.5, 0.6) is 5.75 Å². The molecule has 0 unspecified atom stereocenters. The molecule has 0 aliphatic carbocycles. The zero-order chi connectivity index (χ0) is 17.4. The second kappa shape index (κ2) is 9.08. The molecule has 0 aliphatic rings. The minimum Gasteiger partial charge on any atom is -0.497 e. The number of hydrogen-bond donors (Lipinski definition) is 1. The van der Waals surface area contributed by atoms with Crippen LogP contribution in [0, 0.1) is 0 Å². The van der Waals surface area contributed by atoms with Gasteiger partial charge in [-0.05, 0) is 48.5 Å². The topological polar surface area (TPSA) is 41.6 Å². The first-order valence-electron chi connectivity index (χ1n) is 8.38. The lowest BCUT2D eigenvalue weighted by Gasteiger charge is -2.18. The average molecular weight is 326 g/mol. The molecule has 2 aromatic rings. The van der Waals surface area contributed by atoms with E-state index in [4.69, 9.17) is 4.74 Å². The van der Waals surface area contributed by atoms with Crippen LogP contribution in [0.3, 0.4) is 0 Å². The minimum absolute atomic E-state index is 0.0554.